The van der Waals surface area contributed by atoms with Gasteiger partial charge in [0.2, 0.25) is 5.91 Å². The fourth-order valence-electron chi connectivity index (χ4n) is 2.08. The van der Waals surface area contributed by atoms with Gasteiger partial charge in [-0.2, -0.15) is 0 Å². The fourth-order valence-corrected chi connectivity index (χ4v) is 3.45. The smallest absolute Gasteiger partial charge is 0.253 e. The first-order chi connectivity index (χ1) is 11.5. The molecule has 0 saturated carbocycles. The molecule has 0 unspecified atom stereocenters. The maximum atomic E-state index is 12.2. The van der Waals surface area contributed by atoms with Crippen molar-refractivity contribution in [3.63, 3.8) is 0 Å². The number of nitrogens with two attached hydrogens (primary N) is 1. The average Bonchev–Trinajstić information content (AvgIpc) is 2.59. The standard InChI is InChI=1S/C17H17ClN2O3S/c18-14-9-5-4-8-13(14)17(22)20-15(16(19)21)10-11-24(23)12-6-2-1-3-7-12/h1-9,15H,10-11H2,(H2,19,21)(H,20,22)/t15-,24+/m1/s1. The summed E-state index contributed by atoms with van der Waals surface area (Å²) in [5.41, 5.74) is 5.60. The molecule has 2 atom stereocenters. The summed E-state index contributed by atoms with van der Waals surface area (Å²) < 4.78 is 12.2. The minimum Gasteiger partial charge on any atom is -0.368 e. The normalized spacial score (nSPS) is 13.0. The molecule has 0 radical (unpaired) electrons. The molecule has 7 heteroatoms. The third kappa shape index (κ3) is 4.91. The molecular formula is C17H17ClN2O3S. The summed E-state index contributed by atoms with van der Waals surface area (Å²) in [6, 6.07) is 14.5. The molecule has 0 aliphatic heterocycles. The average molecular weight is 365 g/mol. The zero-order valence-electron chi connectivity index (χ0n) is 12.8. The predicted octanol–water partition coefficient (Wildman–Crippen LogP) is 2.12. The summed E-state index contributed by atoms with van der Waals surface area (Å²) in [5.74, 6) is -0.962. The molecule has 0 saturated heterocycles. The molecule has 2 aromatic rings. The highest BCUT2D eigenvalue weighted by molar-refractivity contribution is 7.85. The van der Waals surface area contributed by atoms with E-state index in [4.69, 9.17) is 17.3 Å². The van der Waals surface area contributed by atoms with E-state index in [2.05, 4.69) is 5.32 Å². The summed E-state index contributed by atoms with van der Waals surface area (Å²) in [4.78, 5) is 24.5. The van der Waals surface area contributed by atoms with E-state index in [1.54, 1.807) is 48.5 Å². The lowest BCUT2D eigenvalue weighted by Crippen LogP contribution is -2.45. The Kier molecular flexibility index (Phi) is 6.52. The van der Waals surface area contributed by atoms with Gasteiger partial charge in [0.25, 0.3) is 5.91 Å². The number of hydrogen-bond donors (Lipinski definition) is 2. The minimum atomic E-state index is -1.27. The number of carbonyl (C=O) groups excluding carboxylic acids is 2. The molecule has 24 heavy (non-hydrogen) atoms. The van der Waals surface area contributed by atoms with Crippen LogP contribution in [-0.4, -0.2) is 27.8 Å². The molecule has 2 aromatic carbocycles. The largest absolute Gasteiger partial charge is 0.368 e. The zero-order chi connectivity index (χ0) is 17.5. The van der Waals surface area contributed by atoms with E-state index < -0.39 is 28.7 Å². The van der Waals surface area contributed by atoms with Gasteiger partial charge >= 0.3 is 0 Å². The number of halogens is 1. The number of carbonyl (C=O) groups is 2. The molecule has 2 rings (SSSR count). The Bertz CT molecular complexity index is 753. The molecule has 0 aliphatic carbocycles. The first-order valence-electron chi connectivity index (χ1n) is 7.27. The summed E-state index contributed by atoms with van der Waals surface area (Å²) in [7, 11) is -1.27. The Labute approximate surface area is 147 Å². The van der Waals surface area contributed by atoms with Gasteiger partial charge in [-0.3, -0.25) is 13.8 Å². The van der Waals surface area contributed by atoms with Crippen molar-refractivity contribution >= 4 is 34.2 Å². The Morgan fingerprint density at radius 1 is 1.08 bits per heavy atom. The van der Waals surface area contributed by atoms with E-state index in [9.17, 15) is 13.8 Å². The zero-order valence-corrected chi connectivity index (χ0v) is 14.3. The van der Waals surface area contributed by atoms with Crippen molar-refractivity contribution in [2.75, 3.05) is 5.75 Å². The number of amides is 2. The van der Waals surface area contributed by atoms with Crippen LogP contribution in [0.2, 0.25) is 5.02 Å². The van der Waals surface area contributed by atoms with Crippen LogP contribution in [0, 0.1) is 0 Å². The summed E-state index contributed by atoms with van der Waals surface area (Å²) >= 11 is 5.96. The fraction of sp³-hybridized carbons (Fsp3) is 0.176. The van der Waals surface area contributed by atoms with Gasteiger partial charge in [-0.1, -0.05) is 41.9 Å². The lowest BCUT2D eigenvalue weighted by molar-refractivity contribution is -0.119. The van der Waals surface area contributed by atoms with Crippen molar-refractivity contribution in [1.82, 2.24) is 5.32 Å². The Hall–Kier alpha value is -2.18. The Morgan fingerprint density at radius 2 is 1.71 bits per heavy atom. The van der Waals surface area contributed by atoms with Crippen LogP contribution in [0.25, 0.3) is 0 Å². The molecule has 0 bridgehead atoms. The van der Waals surface area contributed by atoms with Crippen LogP contribution < -0.4 is 11.1 Å². The van der Waals surface area contributed by atoms with Crippen LogP contribution in [0.4, 0.5) is 0 Å². The molecule has 126 valence electrons. The van der Waals surface area contributed by atoms with Crippen molar-refractivity contribution in [1.29, 1.82) is 0 Å². The van der Waals surface area contributed by atoms with E-state index in [0.717, 1.165) is 0 Å². The van der Waals surface area contributed by atoms with Gasteiger partial charge in [-0.05, 0) is 30.7 Å². The van der Waals surface area contributed by atoms with E-state index in [0.29, 0.717) is 4.90 Å². The van der Waals surface area contributed by atoms with Crippen LogP contribution >= 0.6 is 11.6 Å². The highest BCUT2D eigenvalue weighted by Gasteiger charge is 2.21. The van der Waals surface area contributed by atoms with Crippen LogP contribution in [0.3, 0.4) is 0 Å². The number of nitrogens with one attached hydrogen (secondary N) is 1. The third-order valence-electron chi connectivity index (χ3n) is 3.37. The molecular weight excluding hydrogens is 348 g/mol. The number of primary amides is 1. The Morgan fingerprint density at radius 3 is 2.33 bits per heavy atom. The SMILES string of the molecule is NC(=O)[C@@H](CC[S@](=O)c1ccccc1)NC(=O)c1ccccc1Cl. The molecule has 3 N–H and O–H groups in total. The van der Waals surface area contributed by atoms with Gasteiger partial charge in [0, 0.05) is 10.6 Å². The van der Waals surface area contributed by atoms with Crippen LogP contribution in [0.5, 0.6) is 0 Å². The lowest BCUT2D eigenvalue weighted by atomic mass is 10.1. The topological polar surface area (TPSA) is 89.3 Å². The number of hydrogen-bond acceptors (Lipinski definition) is 3. The second kappa shape index (κ2) is 8.61. The summed E-state index contributed by atoms with van der Waals surface area (Å²) in [6.45, 7) is 0. The van der Waals surface area contributed by atoms with Crippen molar-refractivity contribution < 1.29 is 13.8 Å². The van der Waals surface area contributed by atoms with Crippen molar-refractivity contribution in [3.8, 4) is 0 Å². The van der Waals surface area contributed by atoms with Gasteiger partial charge in [-0.15, -0.1) is 0 Å². The monoisotopic (exact) mass is 364 g/mol. The predicted molar refractivity (Wildman–Crippen MR) is 94.2 cm³/mol. The molecule has 0 spiro atoms. The van der Waals surface area contributed by atoms with Gasteiger partial charge in [0.1, 0.15) is 6.04 Å². The van der Waals surface area contributed by atoms with Gasteiger partial charge < -0.3 is 11.1 Å². The van der Waals surface area contributed by atoms with Gasteiger partial charge in [0.15, 0.2) is 0 Å². The molecule has 0 fully saturated rings. The van der Waals surface area contributed by atoms with Crippen molar-refractivity contribution in [3.05, 3.63) is 65.2 Å². The molecule has 2 amide bonds. The molecule has 5 nitrogen and oxygen atoms in total. The van der Waals surface area contributed by atoms with E-state index in [1.165, 1.54) is 0 Å². The maximum Gasteiger partial charge on any atom is 0.253 e. The maximum absolute atomic E-state index is 12.2. The minimum absolute atomic E-state index is 0.174. The summed E-state index contributed by atoms with van der Waals surface area (Å²) in [6.07, 6.45) is 0.174. The second-order valence-corrected chi connectivity index (χ2v) is 7.04. The Balaban J connectivity index is 2.00. The van der Waals surface area contributed by atoms with Crippen molar-refractivity contribution in [2.24, 2.45) is 5.73 Å². The van der Waals surface area contributed by atoms with Crippen LogP contribution in [-0.2, 0) is 15.6 Å². The number of rotatable bonds is 7. The van der Waals surface area contributed by atoms with Crippen LogP contribution in [0.1, 0.15) is 16.8 Å². The second-order valence-electron chi connectivity index (χ2n) is 5.06. The van der Waals surface area contributed by atoms with Crippen molar-refractivity contribution in [2.45, 2.75) is 17.4 Å². The van der Waals surface area contributed by atoms with E-state index in [-0.39, 0.29) is 22.8 Å². The summed E-state index contributed by atoms with van der Waals surface area (Å²) in [5, 5.41) is 2.83. The molecule has 0 aromatic heterocycles. The third-order valence-corrected chi connectivity index (χ3v) is 5.10. The molecule has 0 aliphatic rings. The van der Waals surface area contributed by atoms with E-state index in [1.807, 2.05) is 6.07 Å². The highest BCUT2D eigenvalue weighted by Crippen LogP contribution is 2.15. The molecule has 0 heterocycles. The first-order valence-corrected chi connectivity index (χ1v) is 8.97. The lowest BCUT2D eigenvalue weighted by Gasteiger charge is -2.15. The quantitative estimate of drug-likeness (QED) is 0.788. The van der Waals surface area contributed by atoms with Gasteiger partial charge in [-0.25, -0.2) is 0 Å². The van der Waals surface area contributed by atoms with Gasteiger partial charge in [0.05, 0.1) is 21.4 Å². The van der Waals surface area contributed by atoms with E-state index >= 15 is 0 Å². The first kappa shape index (κ1) is 18.2. The highest BCUT2D eigenvalue weighted by atomic mass is 35.5. The number of benzene rings is 2. The van der Waals surface area contributed by atoms with Crippen LogP contribution in [0.15, 0.2) is 59.5 Å².